The highest BCUT2D eigenvalue weighted by Gasteiger charge is 2.25. The number of halogens is 1. The average Bonchev–Trinajstić information content (AvgIpc) is 3.22. The van der Waals surface area contributed by atoms with Gasteiger partial charge in [-0.15, -0.1) is 0 Å². The zero-order valence-electron chi connectivity index (χ0n) is 17.1. The fourth-order valence-corrected chi connectivity index (χ4v) is 4.40. The Bertz CT molecular complexity index is 1100. The van der Waals surface area contributed by atoms with Crippen LogP contribution in [0.3, 0.4) is 0 Å². The minimum atomic E-state index is -3.74. The van der Waals surface area contributed by atoms with E-state index in [-0.39, 0.29) is 16.5 Å². The number of rotatable bonds is 9. The van der Waals surface area contributed by atoms with Crippen molar-refractivity contribution in [1.82, 2.24) is 14.5 Å². The standard InChI is InChI=1S/C21H24FN3O4S/c1-25(30(26,27)21-14-18(28-2)10-11-20(21)29-3)12-4-5-17-13-19(24-23-17)15-6-8-16(22)9-7-15/h6-11,13-14H,4-5,12H2,1-3H3,(H,23,24). The molecule has 160 valence electrons. The molecule has 0 amide bonds. The van der Waals surface area contributed by atoms with Gasteiger partial charge in [-0.2, -0.15) is 5.10 Å². The Morgan fingerprint density at radius 2 is 1.80 bits per heavy atom. The van der Waals surface area contributed by atoms with E-state index in [4.69, 9.17) is 9.47 Å². The summed E-state index contributed by atoms with van der Waals surface area (Å²) in [7, 11) is 0.696. The van der Waals surface area contributed by atoms with Crippen LogP contribution in [0.5, 0.6) is 11.5 Å². The number of aryl methyl sites for hydroxylation is 1. The van der Waals surface area contributed by atoms with E-state index in [1.165, 1.54) is 43.8 Å². The molecule has 0 atom stereocenters. The van der Waals surface area contributed by atoms with Crippen LogP contribution in [0, 0.1) is 5.82 Å². The third-order valence-corrected chi connectivity index (χ3v) is 6.63. The largest absolute Gasteiger partial charge is 0.497 e. The second-order valence-corrected chi connectivity index (χ2v) is 8.75. The van der Waals surface area contributed by atoms with Gasteiger partial charge in [0.15, 0.2) is 0 Å². The third-order valence-electron chi connectivity index (χ3n) is 4.75. The van der Waals surface area contributed by atoms with E-state index in [0.29, 0.717) is 30.8 Å². The molecule has 0 aliphatic heterocycles. The highest BCUT2D eigenvalue weighted by Crippen LogP contribution is 2.30. The third kappa shape index (κ3) is 4.80. The van der Waals surface area contributed by atoms with E-state index in [2.05, 4.69) is 10.2 Å². The molecular weight excluding hydrogens is 409 g/mol. The van der Waals surface area contributed by atoms with Crippen molar-refractivity contribution in [2.75, 3.05) is 27.8 Å². The number of aromatic nitrogens is 2. The summed E-state index contributed by atoms with van der Waals surface area (Å²) in [6.07, 6.45) is 1.20. The summed E-state index contributed by atoms with van der Waals surface area (Å²) < 4.78 is 50.7. The lowest BCUT2D eigenvalue weighted by molar-refractivity contribution is 0.388. The molecule has 0 unspecified atom stereocenters. The predicted molar refractivity (Wildman–Crippen MR) is 112 cm³/mol. The minimum Gasteiger partial charge on any atom is -0.497 e. The number of methoxy groups -OCH3 is 2. The second-order valence-electron chi connectivity index (χ2n) is 6.73. The quantitative estimate of drug-likeness (QED) is 0.558. The normalized spacial score (nSPS) is 11.6. The van der Waals surface area contributed by atoms with Crippen LogP contribution < -0.4 is 9.47 Å². The van der Waals surface area contributed by atoms with E-state index in [0.717, 1.165) is 11.3 Å². The molecule has 0 spiro atoms. The van der Waals surface area contributed by atoms with Crippen molar-refractivity contribution in [2.24, 2.45) is 0 Å². The highest BCUT2D eigenvalue weighted by molar-refractivity contribution is 7.89. The van der Waals surface area contributed by atoms with Gasteiger partial charge in [0.25, 0.3) is 0 Å². The van der Waals surface area contributed by atoms with Crippen LogP contribution in [0.1, 0.15) is 12.1 Å². The van der Waals surface area contributed by atoms with Gasteiger partial charge < -0.3 is 9.47 Å². The van der Waals surface area contributed by atoms with Gasteiger partial charge in [0.05, 0.1) is 19.9 Å². The van der Waals surface area contributed by atoms with Crippen molar-refractivity contribution in [3.63, 3.8) is 0 Å². The van der Waals surface area contributed by atoms with Gasteiger partial charge in [0.1, 0.15) is 22.2 Å². The number of aromatic amines is 1. The number of ether oxygens (including phenoxy) is 2. The SMILES string of the molecule is COc1ccc(OC)c(S(=O)(=O)N(C)CCCc2cc(-c3ccc(F)cc3)n[nH]2)c1. The van der Waals surface area contributed by atoms with Crippen LogP contribution >= 0.6 is 0 Å². The zero-order valence-corrected chi connectivity index (χ0v) is 17.9. The molecule has 0 fully saturated rings. The Kier molecular flexibility index (Phi) is 6.73. The number of H-pyrrole nitrogens is 1. The number of nitrogens with zero attached hydrogens (tertiary/aromatic N) is 2. The van der Waals surface area contributed by atoms with Crippen molar-refractivity contribution in [3.05, 3.63) is 60.0 Å². The fourth-order valence-electron chi connectivity index (χ4n) is 3.02. The van der Waals surface area contributed by atoms with Crippen molar-refractivity contribution in [1.29, 1.82) is 0 Å². The maximum Gasteiger partial charge on any atom is 0.246 e. The van der Waals surface area contributed by atoms with Crippen LogP contribution in [0.2, 0.25) is 0 Å². The molecule has 2 aromatic carbocycles. The van der Waals surface area contributed by atoms with E-state index in [9.17, 15) is 12.8 Å². The van der Waals surface area contributed by atoms with Crippen LogP contribution in [-0.4, -0.2) is 50.7 Å². The summed E-state index contributed by atoms with van der Waals surface area (Å²) in [5.41, 5.74) is 2.40. The van der Waals surface area contributed by atoms with Gasteiger partial charge >= 0.3 is 0 Å². The molecule has 3 rings (SSSR count). The summed E-state index contributed by atoms with van der Waals surface area (Å²) >= 11 is 0. The summed E-state index contributed by atoms with van der Waals surface area (Å²) in [6, 6.07) is 12.7. The fraction of sp³-hybridized carbons (Fsp3) is 0.286. The van der Waals surface area contributed by atoms with Crippen molar-refractivity contribution in [3.8, 4) is 22.8 Å². The van der Waals surface area contributed by atoms with E-state index >= 15 is 0 Å². The molecule has 0 aliphatic carbocycles. The predicted octanol–water partition coefficient (Wildman–Crippen LogP) is 3.49. The molecule has 9 heteroatoms. The molecule has 0 bridgehead atoms. The van der Waals surface area contributed by atoms with Crippen LogP contribution in [0.15, 0.2) is 53.4 Å². The van der Waals surface area contributed by atoms with Gasteiger partial charge in [-0.1, -0.05) is 0 Å². The molecule has 7 nitrogen and oxygen atoms in total. The first-order valence-corrected chi connectivity index (χ1v) is 10.8. The van der Waals surface area contributed by atoms with Gasteiger partial charge in [-0.05, 0) is 55.3 Å². The van der Waals surface area contributed by atoms with Gasteiger partial charge in [0, 0.05) is 30.9 Å². The lowest BCUT2D eigenvalue weighted by atomic mass is 10.1. The van der Waals surface area contributed by atoms with Gasteiger partial charge in [-0.25, -0.2) is 17.1 Å². The molecule has 1 N–H and O–H groups in total. The Labute approximate surface area is 175 Å². The maximum atomic E-state index is 13.1. The van der Waals surface area contributed by atoms with Crippen molar-refractivity contribution in [2.45, 2.75) is 17.7 Å². The van der Waals surface area contributed by atoms with Gasteiger partial charge in [-0.3, -0.25) is 5.10 Å². The zero-order chi connectivity index (χ0) is 21.7. The average molecular weight is 434 g/mol. The molecule has 0 saturated carbocycles. The Morgan fingerprint density at radius 3 is 2.47 bits per heavy atom. The molecule has 1 heterocycles. The Balaban J connectivity index is 1.64. The first-order chi connectivity index (χ1) is 14.3. The molecule has 30 heavy (non-hydrogen) atoms. The smallest absolute Gasteiger partial charge is 0.246 e. The lowest BCUT2D eigenvalue weighted by Crippen LogP contribution is -2.28. The summed E-state index contributed by atoms with van der Waals surface area (Å²) in [5.74, 6) is 0.403. The van der Waals surface area contributed by atoms with Crippen LogP contribution in [0.25, 0.3) is 11.3 Å². The molecule has 0 aliphatic rings. The first kappa shape index (κ1) is 21.8. The van der Waals surface area contributed by atoms with Crippen molar-refractivity contribution >= 4 is 10.0 Å². The molecule has 0 saturated heterocycles. The Hall–Kier alpha value is -2.91. The lowest BCUT2D eigenvalue weighted by Gasteiger charge is -2.19. The first-order valence-electron chi connectivity index (χ1n) is 9.33. The maximum absolute atomic E-state index is 13.1. The molecule has 0 radical (unpaired) electrons. The molecular formula is C21H24FN3O4S. The van der Waals surface area contributed by atoms with E-state index in [1.54, 1.807) is 24.3 Å². The van der Waals surface area contributed by atoms with Crippen molar-refractivity contribution < 1.29 is 22.3 Å². The number of hydrogen-bond donors (Lipinski definition) is 1. The summed E-state index contributed by atoms with van der Waals surface area (Å²) in [6.45, 7) is 0.313. The highest BCUT2D eigenvalue weighted by atomic mass is 32.2. The van der Waals surface area contributed by atoms with Crippen LogP contribution in [-0.2, 0) is 16.4 Å². The summed E-state index contributed by atoms with van der Waals surface area (Å²) in [5, 5.41) is 7.19. The summed E-state index contributed by atoms with van der Waals surface area (Å²) in [4.78, 5) is 0.0620. The second kappa shape index (κ2) is 9.27. The number of sulfonamides is 1. The Morgan fingerprint density at radius 1 is 1.07 bits per heavy atom. The van der Waals surface area contributed by atoms with E-state index in [1.807, 2.05) is 6.07 Å². The molecule has 1 aromatic heterocycles. The number of hydrogen-bond acceptors (Lipinski definition) is 5. The van der Waals surface area contributed by atoms with E-state index < -0.39 is 10.0 Å². The van der Waals surface area contributed by atoms with Gasteiger partial charge in [0.2, 0.25) is 10.0 Å². The topological polar surface area (TPSA) is 84.5 Å². The van der Waals surface area contributed by atoms with Crippen LogP contribution in [0.4, 0.5) is 4.39 Å². The number of benzene rings is 2. The minimum absolute atomic E-state index is 0.0620. The number of nitrogens with one attached hydrogen (secondary N) is 1. The monoisotopic (exact) mass is 433 g/mol. The molecule has 3 aromatic rings.